The van der Waals surface area contributed by atoms with Crippen molar-refractivity contribution in [3.05, 3.63) is 71.8 Å². The van der Waals surface area contributed by atoms with E-state index in [1.54, 1.807) is 23.1 Å². The molecular formula is C26H26N6O3. The lowest BCUT2D eigenvalue weighted by Gasteiger charge is -2.26. The summed E-state index contributed by atoms with van der Waals surface area (Å²) in [6, 6.07) is 9.70. The van der Waals surface area contributed by atoms with Crippen molar-refractivity contribution in [1.29, 1.82) is 0 Å². The van der Waals surface area contributed by atoms with Gasteiger partial charge in [0.1, 0.15) is 5.65 Å². The zero-order chi connectivity index (χ0) is 23.9. The average Bonchev–Trinajstić information content (AvgIpc) is 3.39. The second kappa shape index (κ2) is 8.66. The van der Waals surface area contributed by atoms with E-state index >= 15 is 0 Å². The second-order valence-corrected chi connectivity index (χ2v) is 9.12. The Labute approximate surface area is 202 Å². The van der Waals surface area contributed by atoms with Gasteiger partial charge in [-0.25, -0.2) is 9.67 Å². The molecule has 1 aromatic carbocycles. The molecule has 178 valence electrons. The second-order valence-electron chi connectivity index (χ2n) is 9.12. The van der Waals surface area contributed by atoms with Crippen molar-refractivity contribution < 1.29 is 14.3 Å². The van der Waals surface area contributed by atoms with Crippen LogP contribution in [0.3, 0.4) is 0 Å². The van der Waals surface area contributed by atoms with Gasteiger partial charge in [-0.05, 0) is 55.2 Å². The number of hydrogen-bond donors (Lipinski definition) is 1. The third-order valence-corrected chi connectivity index (χ3v) is 6.57. The van der Waals surface area contributed by atoms with Gasteiger partial charge < -0.3 is 15.0 Å². The Bertz CT molecular complexity index is 1430. The molecule has 2 aliphatic rings. The molecule has 2 fully saturated rings. The number of morpholine rings is 1. The topological polar surface area (TPSA) is 93.8 Å². The van der Waals surface area contributed by atoms with Crippen LogP contribution in [-0.2, 0) is 4.74 Å². The molecule has 4 heterocycles. The van der Waals surface area contributed by atoms with Gasteiger partial charge in [-0.3, -0.25) is 14.0 Å². The molecule has 9 nitrogen and oxygen atoms in total. The van der Waals surface area contributed by atoms with E-state index in [1.807, 2.05) is 52.9 Å². The quantitative estimate of drug-likeness (QED) is 0.484. The van der Waals surface area contributed by atoms with Gasteiger partial charge in [-0.1, -0.05) is 6.07 Å². The first-order valence-electron chi connectivity index (χ1n) is 11.9. The highest BCUT2D eigenvalue weighted by molar-refractivity contribution is 5.96. The van der Waals surface area contributed by atoms with Crippen LogP contribution in [0.1, 0.15) is 39.1 Å². The molecule has 1 aliphatic heterocycles. The van der Waals surface area contributed by atoms with E-state index in [9.17, 15) is 9.59 Å². The van der Waals surface area contributed by atoms with Gasteiger partial charge in [-0.15, -0.1) is 0 Å². The minimum absolute atomic E-state index is 0.0204. The number of hydrogen-bond acceptors (Lipinski definition) is 5. The van der Waals surface area contributed by atoms with E-state index in [4.69, 9.17) is 4.74 Å². The van der Waals surface area contributed by atoms with Crippen LogP contribution >= 0.6 is 0 Å². The van der Waals surface area contributed by atoms with Gasteiger partial charge in [0, 0.05) is 42.7 Å². The van der Waals surface area contributed by atoms with Crippen molar-refractivity contribution in [1.82, 2.24) is 29.4 Å². The molecule has 0 radical (unpaired) electrons. The Kier molecular flexibility index (Phi) is 5.33. The van der Waals surface area contributed by atoms with Crippen LogP contribution < -0.4 is 5.32 Å². The maximum atomic E-state index is 13.0. The number of nitrogens with one attached hydrogen (secondary N) is 1. The number of aromatic nitrogens is 4. The molecule has 0 unspecified atom stereocenters. The van der Waals surface area contributed by atoms with Crippen LogP contribution in [0.15, 0.2) is 55.1 Å². The molecule has 0 spiro atoms. The molecule has 35 heavy (non-hydrogen) atoms. The van der Waals surface area contributed by atoms with Gasteiger partial charge in [0.25, 0.3) is 11.8 Å². The zero-order valence-electron chi connectivity index (χ0n) is 19.5. The average molecular weight is 471 g/mol. The van der Waals surface area contributed by atoms with Crippen molar-refractivity contribution in [2.45, 2.75) is 25.8 Å². The maximum absolute atomic E-state index is 13.0. The number of rotatable bonds is 5. The van der Waals surface area contributed by atoms with Crippen LogP contribution in [0.25, 0.3) is 22.6 Å². The summed E-state index contributed by atoms with van der Waals surface area (Å²) in [5, 5.41) is 7.61. The number of fused-ring (bicyclic) bond motifs is 1. The standard InChI is InChI=1S/C26H26N6O3/c1-17-2-3-18(25(33)29-21-5-6-21)12-22(17)20-13-28-32(16-20)24-14-27-23-7-4-19(15-31(23)24)26(34)30-8-10-35-11-9-30/h2-4,7,12-16,21H,5-6,8-11H2,1H3,(H,29,33). The number of aryl methyl sites for hydroxylation is 1. The number of amides is 2. The predicted octanol–water partition coefficient (Wildman–Crippen LogP) is 2.86. The molecule has 0 bridgehead atoms. The van der Waals surface area contributed by atoms with Crippen molar-refractivity contribution in [2.24, 2.45) is 0 Å². The summed E-state index contributed by atoms with van der Waals surface area (Å²) in [4.78, 5) is 31.8. The molecule has 0 atom stereocenters. The molecule has 4 aromatic rings. The number of imidazole rings is 1. The third kappa shape index (κ3) is 4.19. The Balaban J connectivity index is 1.31. The SMILES string of the molecule is Cc1ccc(C(=O)NC2CC2)cc1-c1cnn(-c2cnc3ccc(C(=O)N4CCOCC4)cn23)c1. The molecule has 3 aromatic heterocycles. The van der Waals surface area contributed by atoms with E-state index in [0.29, 0.717) is 43.5 Å². The Hall–Kier alpha value is -3.98. The van der Waals surface area contributed by atoms with E-state index in [2.05, 4.69) is 15.4 Å². The minimum atomic E-state index is -0.0413. The van der Waals surface area contributed by atoms with Crippen LogP contribution in [0.2, 0.25) is 0 Å². The van der Waals surface area contributed by atoms with Crippen molar-refractivity contribution in [3.63, 3.8) is 0 Å². The first kappa shape index (κ1) is 21.5. The molecule has 1 saturated heterocycles. The number of carbonyl (C=O) groups excluding carboxylic acids is 2. The highest BCUT2D eigenvalue weighted by Crippen LogP contribution is 2.26. The summed E-state index contributed by atoms with van der Waals surface area (Å²) in [5.74, 6) is 0.663. The van der Waals surface area contributed by atoms with Crippen LogP contribution in [0.4, 0.5) is 0 Å². The summed E-state index contributed by atoms with van der Waals surface area (Å²) >= 11 is 0. The maximum Gasteiger partial charge on any atom is 0.255 e. The van der Waals surface area contributed by atoms with Crippen molar-refractivity contribution in [3.8, 4) is 16.9 Å². The Morgan fingerprint density at radius 3 is 2.63 bits per heavy atom. The van der Waals surface area contributed by atoms with Gasteiger partial charge in [0.2, 0.25) is 0 Å². The molecule has 1 N–H and O–H groups in total. The third-order valence-electron chi connectivity index (χ3n) is 6.57. The lowest BCUT2D eigenvalue weighted by atomic mass is 10.0. The highest BCUT2D eigenvalue weighted by atomic mass is 16.5. The van der Waals surface area contributed by atoms with E-state index in [1.165, 1.54) is 0 Å². The number of benzene rings is 1. The molecule has 1 aliphatic carbocycles. The lowest BCUT2D eigenvalue weighted by molar-refractivity contribution is 0.0302. The van der Waals surface area contributed by atoms with E-state index in [-0.39, 0.29) is 11.8 Å². The molecular weight excluding hydrogens is 444 g/mol. The predicted molar refractivity (Wildman–Crippen MR) is 130 cm³/mol. The summed E-state index contributed by atoms with van der Waals surface area (Å²) in [7, 11) is 0. The largest absolute Gasteiger partial charge is 0.378 e. The Morgan fingerprint density at radius 1 is 1.03 bits per heavy atom. The van der Waals surface area contributed by atoms with Crippen LogP contribution in [-0.4, -0.2) is 68.2 Å². The normalized spacial score (nSPS) is 16.0. The van der Waals surface area contributed by atoms with Gasteiger partial charge >= 0.3 is 0 Å². The number of pyridine rings is 1. The Morgan fingerprint density at radius 2 is 1.83 bits per heavy atom. The fourth-order valence-corrected chi connectivity index (χ4v) is 4.37. The summed E-state index contributed by atoms with van der Waals surface area (Å²) in [6.07, 6.45) is 9.36. The smallest absolute Gasteiger partial charge is 0.255 e. The van der Waals surface area contributed by atoms with Crippen LogP contribution in [0.5, 0.6) is 0 Å². The molecule has 6 rings (SSSR count). The van der Waals surface area contributed by atoms with E-state index in [0.717, 1.165) is 41.0 Å². The van der Waals surface area contributed by atoms with Gasteiger partial charge in [-0.2, -0.15) is 5.10 Å². The van der Waals surface area contributed by atoms with Crippen molar-refractivity contribution >= 4 is 17.5 Å². The fraction of sp³-hybridized carbons (Fsp3) is 0.308. The van der Waals surface area contributed by atoms with Gasteiger partial charge in [0.15, 0.2) is 5.82 Å². The lowest BCUT2D eigenvalue weighted by Crippen LogP contribution is -2.40. The minimum Gasteiger partial charge on any atom is -0.378 e. The molecule has 9 heteroatoms. The fourth-order valence-electron chi connectivity index (χ4n) is 4.37. The van der Waals surface area contributed by atoms with Gasteiger partial charge in [0.05, 0.1) is 31.2 Å². The number of carbonyl (C=O) groups is 2. The van der Waals surface area contributed by atoms with Crippen LogP contribution in [0, 0.1) is 6.92 Å². The molecule has 1 saturated carbocycles. The summed E-state index contributed by atoms with van der Waals surface area (Å²) in [6.45, 7) is 4.32. The number of ether oxygens (including phenoxy) is 1. The zero-order valence-corrected chi connectivity index (χ0v) is 19.5. The first-order valence-corrected chi connectivity index (χ1v) is 11.9. The molecule has 2 amide bonds. The number of nitrogens with zero attached hydrogens (tertiary/aromatic N) is 5. The highest BCUT2D eigenvalue weighted by Gasteiger charge is 2.24. The summed E-state index contributed by atoms with van der Waals surface area (Å²) in [5.41, 5.74) is 4.88. The van der Waals surface area contributed by atoms with Crippen molar-refractivity contribution in [2.75, 3.05) is 26.3 Å². The first-order chi connectivity index (χ1) is 17.1. The van der Waals surface area contributed by atoms with E-state index < -0.39 is 0 Å². The monoisotopic (exact) mass is 470 g/mol. The summed E-state index contributed by atoms with van der Waals surface area (Å²) < 4.78 is 8.98.